The van der Waals surface area contributed by atoms with Gasteiger partial charge in [0.15, 0.2) is 28.1 Å². The Labute approximate surface area is 218 Å². The molecule has 2 N–H and O–H groups in total. The monoisotopic (exact) mass is 515 g/mol. The molecule has 1 aromatic heterocycles. The number of aromatic nitrogens is 1. The molecule has 0 radical (unpaired) electrons. The van der Waals surface area contributed by atoms with Gasteiger partial charge in [0.2, 0.25) is 6.79 Å². The molecule has 2 aliphatic rings. The summed E-state index contributed by atoms with van der Waals surface area (Å²) in [4.78, 5) is 18.1. The summed E-state index contributed by atoms with van der Waals surface area (Å²) in [5, 5.41) is 4.68. The number of anilines is 1. The van der Waals surface area contributed by atoms with E-state index in [1.807, 2.05) is 72.5 Å². The standard InChI is InChI=1S/C28H25N3O5S/c1-17-2-5-21(6-3-17)29-28(37)31(14-18-4-7-23-24(10-18)36-16-35-23)15-20-11-19-12-25-26(34-9-8-33-25)13-22(19)30-27(20)32/h2-7,10-13H,8-9,14-16H2,1H3,(H,29,37)(H,30,32). The van der Waals surface area contributed by atoms with E-state index in [4.69, 9.17) is 31.2 Å². The van der Waals surface area contributed by atoms with Crippen molar-refractivity contribution in [1.82, 2.24) is 9.88 Å². The number of benzene rings is 3. The SMILES string of the molecule is Cc1ccc(NC(=S)N(Cc2ccc3c(c2)OCO3)Cc2cc3cc4c(cc3[nH]c2=O)OCCO4)cc1. The van der Waals surface area contributed by atoms with Gasteiger partial charge in [-0.2, -0.15) is 0 Å². The van der Waals surface area contributed by atoms with Crippen molar-refractivity contribution in [2.45, 2.75) is 20.0 Å². The topological polar surface area (TPSA) is 85.1 Å². The molecule has 0 atom stereocenters. The Kier molecular flexibility index (Phi) is 6.05. The number of hydrogen-bond donors (Lipinski definition) is 2. The van der Waals surface area contributed by atoms with E-state index in [9.17, 15) is 4.79 Å². The van der Waals surface area contributed by atoms with Crippen LogP contribution in [0.4, 0.5) is 5.69 Å². The highest BCUT2D eigenvalue weighted by atomic mass is 32.1. The molecule has 188 valence electrons. The number of thiocarbonyl (C=S) groups is 1. The molecule has 0 amide bonds. The Morgan fingerprint density at radius 3 is 2.43 bits per heavy atom. The highest BCUT2D eigenvalue weighted by molar-refractivity contribution is 7.80. The summed E-state index contributed by atoms with van der Waals surface area (Å²) < 4.78 is 22.4. The zero-order valence-electron chi connectivity index (χ0n) is 20.2. The van der Waals surface area contributed by atoms with Crippen LogP contribution in [0.1, 0.15) is 16.7 Å². The van der Waals surface area contributed by atoms with Crippen LogP contribution in [0.15, 0.2) is 65.5 Å². The lowest BCUT2D eigenvalue weighted by Crippen LogP contribution is -2.35. The van der Waals surface area contributed by atoms with Gasteiger partial charge in [-0.3, -0.25) is 4.79 Å². The summed E-state index contributed by atoms with van der Waals surface area (Å²) in [7, 11) is 0. The Morgan fingerprint density at radius 2 is 1.62 bits per heavy atom. The summed E-state index contributed by atoms with van der Waals surface area (Å²) in [6.45, 7) is 3.99. The van der Waals surface area contributed by atoms with Crippen LogP contribution in [0.25, 0.3) is 10.9 Å². The molecule has 0 bridgehead atoms. The van der Waals surface area contributed by atoms with Crippen molar-refractivity contribution >= 4 is 33.9 Å². The van der Waals surface area contributed by atoms with Gasteiger partial charge in [-0.1, -0.05) is 23.8 Å². The first-order valence-electron chi connectivity index (χ1n) is 12.0. The summed E-state index contributed by atoms with van der Waals surface area (Å²) in [6.07, 6.45) is 0. The minimum absolute atomic E-state index is 0.182. The third-order valence-corrected chi connectivity index (χ3v) is 6.71. The van der Waals surface area contributed by atoms with Crippen molar-refractivity contribution in [3.63, 3.8) is 0 Å². The number of nitrogens with zero attached hydrogens (tertiary/aromatic N) is 1. The zero-order chi connectivity index (χ0) is 25.4. The van der Waals surface area contributed by atoms with Crippen molar-refractivity contribution in [1.29, 1.82) is 0 Å². The third-order valence-electron chi connectivity index (χ3n) is 6.35. The van der Waals surface area contributed by atoms with Crippen LogP contribution in [-0.4, -0.2) is 35.0 Å². The van der Waals surface area contributed by atoms with Gasteiger partial charge in [0.1, 0.15) is 13.2 Å². The molecule has 0 unspecified atom stereocenters. The molecular weight excluding hydrogens is 490 g/mol. The lowest BCUT2D eigenvalue weighted by Gasteiger charge is -2.26. The van der Waals surface area contributed by atoms with E-state index < -0.39 is 0 Å². The Hall–Kier alpha value is -4.24. The molecule has 0 aliphatic carbocycles. The second kappa shape index (κ2) is 9.67. The fourth-order valence-electron chi connectivity index (χ4n) is 4.41. The predicted octanol–water partition coefficient (Wildman–Crippen LogP) is 4.74. The fourth-order valence-corrected chi connectivity index (χ4v) is 4.66. The zero-order valence-corrected chi connectivity index (χ0v) is 21.0. The molecule has 3 aromatic carbocycles. The molecule has 8 nitrogen and oxygen atoms in total. The number of aromatic amines is 1. The second-order valence-electron chi connectivity index (χ2n) is 9.05. The average Bonchev–Trinajstić information content (AvgIpc) is 3.37. The molecule has 0 saturated carbocycles. The number of rotatable bonds is 5. The summed E-state index contributed by atoms with van der Waals surface area (Å²) >= 11 is 5.82. The highest BCUT2D eigenvalue weighted by Gasteiger charge is 2.19. The van der Waals surface area contributed by atoms with E-state index >= 15 is 0 Å². The maximum atomic E-state index is 13.1. The van der Waals surface area contributed by atoms with E-state index in [0.717, 1.165) is 28.0 Å². The van der Waals surface area contributed by atoms with E-state index in [1.165, 1.54) is 0 Å². The van der Waals surface area contributed by atoms with Crippen LogP contribution in [0.2, 0.25) is 0 Å². The number of aryl methyl sites for hydroxylation is 1. The predicted molar refractivity (Wildman–Crippen MR) is 145 cm³/mol. The minimum Gasteiger partial charge on any atom is -0.486 e. The van der Waals surface area contributed by atoms with Gasteiger partial charge < -0.3 is 34.1 Å². The molecule has 9 heteroatoms. The Morgan fingerprint density at radius 1 is 0.892 bits per heavy atom. The Balaban J connectivity index is 1.32. The van der Waals surface area contributed by atoms with E-state index in [-0.39, 0.29) is 12.4 Å². The third kappa shape index (κ3) is 4.90. The molecule has 0 saturated heterocycles. The molecule has 0 fully saturated rings. The number of ether oxygens (including phenoxy) is 4. The van der Waals surface area contributed by atoms with E-state index in [0.29, 0.717) is 59.7 Å². The number of pyridine rings is 1. The van der Waals surface area contributed by atoms with Crippen molar-refractivity contribution in [2.24, 2.45) is 0 Å². The van der Waals surface area contributed by atoms with Crippen molar-refractivity contribution < 1.29 is 18.9 Å². The van der Waals surface area contributed by atoms with Crippen LogP contribution in [0.5, 0.6) is 23.0 Å². The van der Waals surface area contributed by atoms with Gasteiger partial charge in [-0.15, -0.1) is 0 Å². The molecular formula is C28H25N3O5S. The smallest absolute Gasteiger partial charge is 0.253 e. The lowest BCUT2D eigenvalue weighted by atomic mass is 10.1. The molecule has 0 spiro atoms. The van der Waals surface area contributed by atoms with Crippen molar-refractivity contribution in [3.8, 4) is 23.0 Å². The Bertz CT molecular complexity index is 1550. The van der Waals surface area contributed by atoms with Crippen LogP contribution < -0.4 is 29.8 Å². The first kappa shape index (κ1) is 23.2. The highest BCUT2D eigenvalue weighted by Crippen LogP contribution is 2.34. The van der Waals surface area contributed by atoms with Crippen LogP contribution in [0, 0.1) is 6.92 Å². The van der Waals surface area contributed by atoms with Crippen LogP contribution >= 0.6 is 12.2 Å². The van der Waals surface area contributed by atoms with Gasteiger partial charge in [0.05, 0.1) is 12.1 Å². The fraction of sp³-hybridized carbons (Fsp3) is 0.214. The molecule has 3 heterocycles. The van der Waals surface area contributed by atoms with E-state index in [1.54, 1.807) is 0 Å². The van der Waals surface area contributed by atoms with Crippen LogP contribution in [0.3, 0.4) is 0 Å². The van der Waals surface area contributed by atoms with E-state index in [2.05, 4.69) is 10.3 Å². The summed E-state index contributed by atoms with van der Waals surface area (Å²) in [5.74, 6) is 2.72. The van der Waals surface area contributed by atoms with Gasteiger partial charge in [-0.05, 0) is 61.1 Å². The summed E-state index contributed by atoms with van der Waals surface area (Å²) in [5.41, 5.74) is 4.11. The van der Waals surface area contributed by atoms with Crippen molar-refractivity contribution in [3.05, 3.63) is 87.7 Å². The van der Waals surface area contributed by atoms with Gasteiger partial charge in [0, 0.05) is 29.2 Å². The number of hydrogen-bond acceptors (Lipinski definition) is 6. The van der Waals surface area contributed by atoms with Gasteiger partial charge in [0.25, 0.3) is 5.56 Å². The lowest BCUT2D eigenvalue weighted by molar-refractivity contribution is 0.172. The number of fused-ring (bicyclic) bond motifs is 3. The van der Waals surface area contributed by atoms with Gasteiger partial charge >= 0.3 is 0 Å². The normalized spacial score (nSPS) is 13.4. The molecule has 2 aliphatic heterocycles. The first-order chi connectivity index (χ1) is 18.0. The molecule has 37 heavy (non-hydrogen) atoms. The largest absolute Gasteiger partial charge is 0.486 e. The summed E-state index contributed by atoms with van der Waals surface area (Å²) in [6, 6.07) is 19.4. The maximum absolute atomic E-state index is 13.1. The molecule has 4 aromatic rings. The van der Waals surface area contributed by atoms with Crippen molar-refractivity contribution in [2.75, 3.05) is 25.3 Å². The average molecular weight is 516 g/mol. The second-order valence-corrected chi connectivity index (χ2v) is 9.43. The number of nitrogens with one attached hydrogen (secondary N) is 2. The minimum atomic E-state index is -0.182. The molecule has 6 rings (SSSR count). The number of H-pyrrole nitrogens is 1. The van der Waals surface area contributed by atoms with Crippen LogP contribution in [-0.2, 0) is 13.1 Å². The van der Waals surface area contributed by atoms with Gasteiger partial charge in [-0.25, -0.2) is 0 Å². The maximum Gasteiger partial charge on any atom is 0.253 e. The quantitative estimate of drug-likeness (QED) is 0.369. The first-order valence-corrected chi connectivity index (χ1v) is 12.4.